The summed E-state index contributed by atoms with van der Waals surface area (Å²) in [6.45, 7) is 0. The molecule has 132 valence electrons. The van der Waals surface area contributed by atoms with E-state index in [1.807, 2.05) is 0 Å². The van der Waals surface area contributed by atoms with E-state index < -0.39 is 10.8 Å². The zero-order valence-corrected chi connectivity index (χ0v) is 14.1. The molecule has 2 aromatic carbocycles. The summed E-state index contributed by atoms with van der Waals surface area (Å²) in [5.41, 5.74) is 0.594. The van der Waals surface area contributed by atoms with Crippen LogP contribution in [0, 0.1) is 10.1 Å². The number of hydrogen-bond donors (Lipinski definition) is 1. The Balaban J connectivity index is 2.23. The van der Waals surface area contributed by atoms with Crippen LogP contribution in [0.3, 0.4) is 0 Å². The van der Waals surface area contributed by atoms with Gasteiger partial charge in [-0.25, -0.2) is 0 Å². The number of methoxy groups -OCH3 is 3. The Kier molecular flexibility index (Phi) is 5.78. The lowest BCUT2D eigenvalue weighted by molar-refractivity contribution is -0.383. The van der Waals surface area contributed by atoms with Gasteiger partial charge in [0, 0.05) is 6.07 Å². The maximum absolute atomic E-state index is 12.3. The minimum atomic E-state index is -0.547. The Morgan fingerprint density at radius 2 is 1.68 bits per heavy atom. The topological polar surface area (TPSA) is 99.9 Å². The quantitative estimate of drug-likeness (QED) is 0.611. The van der Waals surface area contributed by atoms with Gasteiger partial charge in [-0.3, -0.25) is 14.9 Å². The van der Waals surface area contributed by atoms with Crippen LogP contribution in [0.25, 0.3) is 0 Å². The van der Waals surface area contributed by atoms with Crippen molar-refractivity contribution >= 4 is 17.3 Å². The number of ether oxygens (including phenoxy) is 3. The lowest BCUT2D eigenvalue weighted by Gasteiger charge is -2.14. The van der Waals surface area contributed by atoms with Crippen LogP contribution in [0.4, 0.5) is 11.4 Å². The largest absolute Gasteiger partial charge is 0.493 e. The summed E-state index contributed by atoms with van der Waals surface area (Å²) in [5.74, 6) is 0.877. The van der Waals surface area contributed by atoms with Crippen molar-refractivity contribution in [3.63, 3.8) is 0 Å². The third kappa shape index (κ3) is 4.17. The molecule has 0 aromatic heterocycles. The molecule has 1 amide bonds. The van der Waals surface area contributed by atoms with E-state index in [1.165, 1.54) is 39.5 Å². The fourth-order valence-corrected chi connectivity index (χ4v) is 2.36. The van der Waals surface area contributed by atoms with Crippen LogP contribution >= 0.6 is 0 Å². The molecule has 0 unspecified atom stereocenters. The molecule has 1 N–H and O–H groups in total. The molecule has 0 fully saturated rings. The van der Waals surface area contributed by atoms with E-state index in [0.29, 0.717) is 22.8 Å². The third-order valence-electron chi connectivity index (χ3n) is 3.46. The highest BCUT2D eigenvalue weighted by Crippen LogP contribution is 2.38. The van der Waals surface area contributed by atoms with Crippen LogP contribution in [0.2, 0.25) is 0 Å². The standard InChI is InChI=1S/C17H18N2O6/c1-23-14-8-11(9-15(24-2)17(14)25-3)10-16(20)18-12-6-4-5-7-13(12)19(21)22/h4-9H,10H2,1-3H3,(H,18,20). The van der Waals surface area contributed by atoms with Crippen LogP contribution in [0.15, 0.2) is 36.4 Å². The number of hydrogen-bond acceptors (Lipinski definition) is 6. The molecule has 25 heavy (non-hydrogen) atoms. The van der Waals surface area contributed by atoms with Gasteiger partial charge >= 0.3 is 0 Å². The molecule has 8 heteroatoms. The fourth-order valence-electron chi connectivity index (χ4n) is 2.36. The van der Waals surface area contributed by atoms with Gasteiger partial charge in [-0.15, -0.1) is 0 Å². The first-order valence-electron chi connectivity index (χ1n) is 7.32. The van der Waals surface area contributed by atoms with E-state index in [9.17, 15) is 14.9 Å². The fraction of sp³-hybridized carbons (Fsp3) is 0.235. The molecule has 8 nitrogen and oxygen atoms in total. The molecule has 2 rings (SSSR count). The van der Waals surface area contributed by atoms with E-state index in [1.54, 1.807) is 18.2 Å². The highest BCUT2D eigenvalue weighted by Gasteiger charge is 2.17. The predicted octanol–water partition coefficient (Wildman–Crippen LogP) is 2.80. The van der Waals surface area contributed by atoms with Gasteiger partial charge in [0.1, 0.15) is 5.69 Å². The minimum absolute atomic E-state index is 0.0111. The summed E-state index contributed by atoms with van der Waals surface area (Å²) in [6, 6.07) is 9.26. The number of benzene rings is 2. The Morgan fingerprint density at radius 3 is 2.20 bits per heavy atom. The number of para-hydroxylation sites is 2. The molecule has 0 aliphatic carbocycles. The second kappa shape index (κ2) is 8.00. The van der Waals surface area contributed by atoms with Gasteiger partial charge in [0.05, 0.1) is 32.7 Å². The Labute approximate surface area is 144 Å². The third-order valence-corrected chi connectivity index (χ3v) is 3.46. The van der Waals surface area contributed by atoms with Crippen LogP contribution in [0.5, 0.6) is 17.2 Å². The van der Waals surface area contributed by atoms with Crippen molar-refractivity contribution in [2.45, 2.75) is 6.42 Å². The van der Waals surface area contributed by atoms with Gasteiger partial charge in [-0.05, 0) is 23.8 Å². The van der Waals surface area contributed by atoms with Crippen molar-refractivity contribution in [2.24, 2.45) is 0 Å². The van der Waals surface area contributed by atoms with Gasteiger partial charge in [-0.1, -0.05) is 12.1 Å². The van der Waals surface area contributed by atoms with Gasteiger partial charge in [0.25, 0.3) is 5.69 Å². The monoisotopic (exact) mass is 346 g/mol. The van der Waals surface area contributed by atoms with Crippen LogP contribution in [0.1, 0.15) is 5.56 Å². The summed E-state index contributed by atoms with van der Waals surface area (Å²) in [6.07, 6.45) is -0.0111. The number of nitrogens with zero attached hydrogens (tertiary/aromatic N) is 1. The number of nitrogens with one attached hydrogen (secondary N) is 1. The normalized spacial score (nSPS) is 10.0. The molecule has 0 bridgehead atoms. The maximum Gasteiger partial charge on any atom is 0.292 e. The Bertz CT molecular complexity index is 765. The van der Waals surface area contributed by atoms with Crippen LogP contribution in [-0.2, 0) is 11.2 Å². The summed E-state index contributed by atoms with van der Waals surface area (Å²) in [4.78, 5) is 22.7. The molecule has 0 spiro atoms. The summed E-state index contributed by atoms with van der Waals surface area (Å²) in [5, 5.41) is 13.6. The number of nitro benzene ring substituents is 1. The molecule has 2 aromatic rings. The van der Waals surface area contributed by atoms with Gasteiger partial charge < -0.3 is 19.5 Å². The number of nitro groups is 1. The zero-order chi connectivity index (χ0) is 18.4. The molecule has 0 atom stereocenters. The number of amides is 1. The SMILES string of the molecule is COc1cc(CC(=O)Nc2ccccc2[N+](=O)[O-])cc(OC)c1OC. The number of carbonyl (C=O) groups excluding carboxylic acids is 1. The number of anilines is 1. The second-order valence-electron chi connectivity index (χ2n) is 5.03. The van der Waals surface area contributed by atoms with Crippen LogP contribution < -0.4 is 19.5 Å². The lowest BCUT2D eigenvalue weighted by atomic mass is 10.1. The second-order valence-corrected chi connectivity index (χ2v) is 5.03. The smallest absolute Gasteiger partial charge is 0.292 e. The Morgan fingerprint density at radius 1 is 1.08 bits per heavy atom. The molecule has 0 heterocycles. The molecule has 0 aliphatic rings. The van der Waals surface area contributed by atoms with E-state index in [0.717, 1.165) is 0 Å². The molecule has 0 aliphatic heterocycles. The average Bonchev–Trinajstić information content (AvgIpc) is 2.60. The van der Waals surface area contributed by atoms with Gasteiger partial charge in [-0.2, -0.15) is 0 Å². The molecular weight excluding hydrogens is 328 g/mol. The number of carbonyl (C=O) groups is 1. The van der Waals surface area contributed by atoms with E-state index in [4.69, 9.17) is 14.2 Å². The highest BCUT2D eigenvalue weighted by molar-refractivity contribution is 5.94. The van der Waals surface area contributed by atoms with E-state index in [-0.39, 0.29) is 17.8 Å². The van der Waals surface area contributed by atoms with E-state index in [2.05, 4.69) is 5.32 Å². The minimum Gasteiger partial charge on any atom is -0.493 e. The summed E-state index contributed by atoms with van der Waals surface area (Å²) < 4.78 is 15.7. The average molecular weight is 346 g/mol. The van der Waals surface area contributed by atoms with Crippen molar-refractivity contribution in [2.75, 3.05) is 26.6 Å². The number of rotatable bonds is 7. The zero-order valence-electron chi connectivity index (χ0n) is 14.1. The van der Waals surface area contributed by atoms with Gasteiger partial charge in [0.15, 0.2) is 11.5 Å². The summed E-state index contributed by atoms with van der Waals surface area (Å²) >= 11 is 0. The van der Waals surface area contributed by atoms with Gasteiger partial charge in [0.2, 0.25) is 11.7 Å². The van der Waals surface area contributed by atoms with Crippen molar-refractivity contribution < 1.29 is 23.9 Å². The summed E-state index contributed by atoms with van der Waals surface area (Å²) in [7, 11) is 4.45. The first kappa shape index (κ1) is 18.1. The predicted molar refractivity (Wildman–Crippen MR) is 91.5 cm³/mol. The van der Waals surface area contributed by atoms with Crippen molar-refractivity contribution in [1.82, 2.24) is 0 Å². The van der Waals surface area contributed by atoms with E-state index >= 15 is 0 Å². The van der Waals surface area contributed by atoms with Crippen molar-refractivity contribution in [3.05, 3.63) is 52.1 Å². The first-order chi connectivity index (χ1) is 12.0. The first-order valence-corrected chi connectivity index (χ1v) is 7.32. The lowest BCUT2D eigenvalue weighted by Crippen LogP contribution is -2.15. The van der Waals surface area contributed by atoms with Crippen LogP contribution in [-0.4, -0.2) is 32.2 Å². The molecule has 0 radical (unpaired) electrons. The molecular formula is C17H18N2O6. The van der Waals surface area contributed by atoms with Crippen molar-refractivity contribution in [3.8, 4) is 17.2 Å². The Hall–Kier alpha value is -3.29. The highest BCUT2D eigenvalue weighted by atomic mass is 16.6. The maximum atomic E-state index is 12.3. The molecule has 0 saturated heterocycles. The molecule has 0 saturated carbocycles. The van der Waals surface area contributed by atoms with Crippen molar-refractivity contribution in [1.29, 1.82) is 0 Å².